The minimum atomic E-state index is -2.19. The second-order valence-corrected chi connectivity index (χ2v) is 9.61. The van der Waals surface area contributed by atoms with Crippen molar-refractivity contribution in [2.45, 2.75) is 40.0 Å². The maximum Gasteiger partial charge on any atom is 0.142 e. The average Bonchev–Trinajstić information content (AvgIpc) is 2.35. The van der Waals surface area contributed by atoms with Crippen molar-refractivity contribution in [2.75, 3.05) is 24.4 Å². The van der Waals surface area contributed by atoms with Crippen LogP contribution in [-0.2, 0) is 9.98 Å². The number of anilines is 1. The number of hydrogen-bond donors (Lipinski definition) is 1. The van der Waals surface area contributed by atoms with E-state index in [1.54, 1.807) is 0 Å². The third-order valence-corrected chi connectivity index (χ3v) is 6.39. The Kier molecular flexibility index (Phi) is 5.09. The standard InChI is InChI=1S/C15H26NO2P/c1-6-19(17,7-2)11-18-14-9-8-12(10-13(14)16)15(3,4)5/h8-10H,6-7,11,16H2,1-5H3. The van der Waals surface area contributed by atoms with Gasteiger partial charge in [-0.1, -0.05) is 40.7 Å². The molecule has 4 heteroatoms. The van der Waals surface area contributed by atoms with E-state index in [0.717, 1.165) is 0 Å². The Morgan fingerprint density at radius 1 is 1.21 bits per heavy atom. The van der Waals surface area contributed by atoms with Crippen molar-refractivity contribution >= 4 is 12.8 Å². The monoisotopic (exact) mass is 283 g/mol. The Hall–Kier alpha value is -0.950. The maximum atomic E-state index is 12.3. The quantitative estimate of drug-likeness (QED) is 0.647. The Labute approximate surface area is 116 Å². The summed E-state index contributed by atoms with van der Waals surface area (Å²) < 4.78 is 18.0. The summed E-state index contributed by atoms with van der Waals surface area (Å²) in [5.74, 6) is 0.634. The Balaban J connectivity index is 2.85. The normalized spacial score (nSPS) is 12.5. The van der Waals surface area contributed by atoms with Gasteiger partial charge in [0.05, 0.1) is 5.69 Å². The SMILES string of the molecule is CCP(=O)(CC)COc1ccc(C(C)(C)C)cc1N. The molecule has 0 radical (unpaired) electrons. The second kappa shape index (κ2) is 6.00. The molecule has 0 heterocycles. The molecule has 0 spiro atoms. The van der Waals surface area contributed by atoms with Gasteiger partial charge >= 0.3 is 0 Å². The maximum absolute atomic E-state index is 12.3. The average molecular weight is 283 g/mol. The molecule has 2 N–H and O–H groups in total. The van der Waals surface area contributed by atoms with Gasteiger partial charge in [0.1, 0.15) is 19.2 Å². The van der Waals surface area contributed by atoms with Crippen molar-refractivity contribution in [3.05, 3.63) is 23.8 Å². The number of ether oxygens (including phenoxy) is 1. The molecule has 0 aromatic heterocycles. The van der Waals surface area contributed by atoms with E-state index in [1.165, 1.54) is 5.56 Å². The van der Waals surface area contributed by atoms with E-state index in [0.29, 0.717) is 23.8 Å². The van der Waals surface area contributed by atoms with Gasteiger partial charge in [-0.05, 0) is 23.1 Å². The van der Waals surface area contributed by atoms with Gasteiger partial charge in [0.15, 0.2) is 0 Å². The highest BCUT2D eigenvalue weighted by Crippen LogP contribution is 2.45. The highest BCUT2D eigenvalue weighted by atomic mass is 31.2. The van der Waals surface area contributed by atoms with Crippen LogP contribution in [0.1, 0.15) is 40.2 Å². The topological polar surface area (TPSA) is 52.3 Å². The second-order valence-electron chi connectivity index (χ2n) is 5.97. The van der Waals surface area contributed by atoms with Crippen LogP contribution in [0, 0.1) is 0 Å². The molecule has 0 atom stereocenters. The molecular weight excluding hydrogens is 257 g/mol. The van der Waals surface area contributed by atoms with E-state index in [1.807, 2.05) is 32.0 Å². The summed E-state index contributed by atoms with van der Waals surface area (Å²) in [6.07, 6.45) is 1.62. The molecular formula is C15H26NO2P. The molecule has 0 saturated carbocycles. The van der Waals surface area contributed by atoms with Crippen LogP contribution in [0.4, 0.5) is 5.69 Å². The lowest BCUT2D eigenvalue weighted by Gasteiger charge is -2.21. The molecule has 0 amide bonds. The zero-order chi connectivity index (χ0) is 14.7. The predicted octanol–water partition coefficient (Wildman–Crippen LogP) is 4.31. The Morgan fingerprint density at radius 2 is 1.79 bits per heavy atom. The van der Waals surface area contributed by atoms with E-state index >= 15 is 0 Å². The van der Waals surface area contributed by atoms with Crippen LogP contribution >= 0.6 is 7.14 Å². The van der Waals surface area contributed by atoms with Crippen LogP contribution in [0.15, 0.2) is 18.2 Å². The zero-order valence-electron chi connectivity index (χ0n) is 12.7. The van der Waals surface area contributed by atoms with E-state index in [-0.39, 0.29) is 11.8 Å². The molecule has 1 aromatic rings. The van der Waals surface area contributed by atoms with Gasteiger partial charge < -0.3 is 15.0 Å². The molecule has 19 heavy (non-hydrogen) atoms. The molecule has 0 unspecified atom stereocenters. The van der Waals surface area contributed by atoms with Crippen LogP contribution in [0.5, 0.6) is 5.75 Å². The first-order chi connectivity index (χ1) is 8.72. The summed E-state index contributed by atoms with van der Waals surface area (Å²) in [5, 5.41) is 0. The molecule has 0 bridgehead atoms. The number of nitrogen functional groups attached to an aromatic ring is 1. The van der Waals surface area contributed by atoms with Crippen LogP contribution in [0.3, 0.4) is 0 Å². The smallest absolute Gasteiger partial charge is 0.142 e. The van der Waals surface area contributed by atoms with E-state index in [4.69, 9.17) is 10.5 Å². The molecule has 0 fully saturated rings. The van der Waals surface area contributed by atoms with E-state index < -0.39 is 7.14 Å². The molecule has 3 nitrogen and oxygen atoms in total. The fraction of sp³-hybridized carbons (Fsp3) is 0.600. The van der Waals surface area contributed by atoms with Gasteiger partial charge in [0.25, 0.3) is 0 Å². The minimum absolute atomic E-state index is 0.0643. The molecule has 0 saturated heterocycles. The summed E-state index contributed by atoms with van der Waals surface area (Å²) in [6.45, 7) is 10.3. The number of rotatable bonds is 5. The number of nitrogens with two attached hydrogens (primary N) is 1. The fourth-order valence-electron chi connectivity index (χ4n) is 1.74. The summed E-state index contributed by atoms with van der Waals surface area (Å²) in [5.41, 5.74) is 7.87. The highest BCUT2D eigenvalue weighted by molar-refractivity contribution is 7.63. The number of benzene rings is 1. The Morgan fingerprint density at radius 3 is 2.21 bits per heavy atom. The molecule has 0 aliphatic rings. The molecule has 0 aliphatic heterocycles. The van der Waals surface area contributed by atoms with E-state index in [2.05, 4.69) is 20.8 Å². The van der Waals surface area contributed by atoms with Crippen LogP contribution in [0.25, 0.3) is 0 Å². The van der Waals surface area contributed by atoms with Crippen LogP contribution in [-0.4, -0.2) is 18.7 Å². The number of hydrogen-bond acceptors (Lipinski definition) is 3. The van der Waals surface area contributed by atoms with Crippen molar-refractivity contribution in [3.63, 3.8) is 0 Å². The minimum Gasteiger partial charge on any atom is -0.484 e. The molecule has 1 aromatic carbocycles. The van der Waals surface area contributed by atoms with Gasteiger partial charge in [-0.2, -0.15) is 0 Å². The Bertz CT molecular complexity index is 470. The fourth-order valence-corrected chi connectivity index (χ4v) is 2.93. The summed E-state index contributed by atoms with van der Waals surface area (Å²) in [4.78, 5) is 0. The third-order valence-electron chi connectivity index (χ3n) is 3.48. The first-order valence-corrected chi connectivity index (χ1v) is 9.08. The zero-order valence-corrected chi connectivity index (χ0v) is 13.6. The van der Waals surface area contributed by atoms with Gasteiger partial charge in [-0.3, -0.25) is 0 Å². The highest BCUT2D eigenvalue weighted by Gasteiger charge is 2.19. The van der Waals surface area contributed by atoms with Crippen molar-refractivity contribution < 1.29 is 9.30 Å². The van der Waals surface area contributed by atoms with Crippen molar-refractivity contribution in [2.24, 2.45) is 0 Å². The lowest BCUT2D eigenvalue weighted by Crippen LogP contribution is -2.12. The van der Waals surface area contributed by atoms with Crippen molar-refractivity contribution in [3.8, 4) is 5.75 Å². The van der Waals surface area contributed by atoms with Crippen LogP contribution < -0.4 is 10.5 Å². The summed E-state index contributed by atoms with van der Waals surface area (Å²) in [6, 6.07) is 5.85. The van der Waals surface area contributed by atoms with Crippen LogP contribution in [0.2, 0.25) is 0 Å². The first-order valence-electron chi connectivity index (χ1n) is 6.81. The first kappa shape index (κ1) is 16.1. The molecule has 108 valence electrons. The van der Waals surface area contributed by atoms with Gasteiger partial charge in [-0.15, -0.1) is 0 Å². The lowest BCUT2D eigenvalue weighted by molar-refractivity contribution is 0.377. The van der Waals surface area contributed by atoms with Gasteiger partial charge in [-0.25, -0.2) is 0 Å². The largest absolute Gasteiger partial charge is 0.484 e. The van der Waals surface area contributed by atoms with Crippen molar-refractivity contribution in [1.82, 2.24) is 0 Å². The predicted molar refractivity (Wildman–Crippen MR) is 83.7 cm³/mol. The third kappa shape index (κ3) is 4.28. The van der Waals surface area contributed by atoms with E-state index in [9.17, 15) is 4.57 Å². The molecule has 0 aliphatic carbocycles. The van der Waals surface area contributed by atoms with Crippen molar-refractivity contribution in [1.29, 1.82) is 0 Å². The van der Waals surface area contributed by atoms with Gasteiger partial charge in [0.2, 0.25) is 0 Å². The summed E-state index contributed by atoms with van der Waals surface area (Å²) >= 11 is 0. The molecule has 1 rings (SSSR count). The lowest BCUT2D eigenvalue weighted by atomic mass is 9.87. The van der Waals surface area contributed by atoms with Gasteiger partial charge in [0, 0.05) is 12.3 Å². The summed E-state index contributed by atoms with van der Waals surface area (Å²) in [7, 11) is -2.19.